The van der Waals surface area contributed by atoms with Crippen LogP contribution < -0.4 is 4.90 Å². The molecule has 0 radical (unpaired) electrons. The van der Waals surface area contributed by atoms with Gasteiger partial charge in [-0.15, -0.1) is 0 Å². The SMILES string of the molecule is C=C(C)C(=O)OCC(O)CSc1nc(SCC(O)COC(=O)C(=C)C)nc(N(CCCC)CCCC)n1. The summed E-state index contributed by atoms with van der Waals surface area (Å²) in [6.07, 6.45) is 2.21. The predicted octanol–water partition coefficient (Wildman–Crippen LogP) is 3.42. The Morgan fingerprint density at radius 2 is 1.24 bits per heavy atom. The number of ether oxygens (including phenoxy) is 2. The molecule has 2 N–H and O–H groups in total. The van der Waals surface area contributed by atoms with Crippen molar-refractivity contribution in [2.24, 2.45) is 0 Å². The van der Waals surface area contributed by atoms with Crippen molar-refractivity contribution in [3.8, 4) is 0 Å². The maximum atomic E-state index is 11.6. The second-order valence-corrected chi connectivity index (χ2v) is 10.6. The lowest BCUT2D eigenvalue weighted by Crippen LogP contribution is -2.28. The topological polar surface area (TPSA) is 135 Å². The van der Waals surface area contributed by atoms with Crippen LogP contribution in [0.2, 0.25) is 0 Å². The zero-order valence-electron chi connectivity index (χ0n) is 22.3. The Morgan fingerprint density at radius 3 is 1.59 bits per heavy atom. The summed E-state index contributed by atoms with van der Waals surface area (Å²) in [6, 6.07) is 0. The Balaban J connectivity index is 2.96. The molecule has 1 heterocycles. The van der Waals surface area contributed by atoms with Crippen molar-refractivity contribution in [1.29, 1.82) is 0 Å². The van der Waals surface area contributed by atoms with E-state index in [1.165, 1.54) is 23.5 Å². The number of unbranched alkanes of at least 4 members (excludes halogenated alkanes) is 2. The highest BCUT2D eigenvalue weighted by Crippen LogP contribution is 2.24. The van der Waals surface area contributed by atoms with Crippen molar-refractivity contribution in [2.45, 2.75) is 75.9 Å². The van der Waals surface area contributed by atoms with Crippen LogP contribution in [-0.2, 0) is 19.1 Å². The molecule has 12 heteroatoms. The lowest BCUT2D eigenvalue weighted by molar-refractivity contribution is -0.142. The molecule has 0 aliphatic carbocycles. The molecule has 0 saturated heterocycles. The lowest BCUT2D eigenvalue weighted by Gasteiger charge is -2.23. The minimum atomic E-state index is -0.911. The molecule has 0 aromatic carbocycles. The van der Waals surface area contributed by atoms with E-state index >= 15 is 0 Å². The highest BCUT2D eigenvalue weighted by Gasteiger charge is 2.18. The van der Waals surface area contributed by atoms with Crippen LogP contribution in [0.4, 0.5) is 5.95 Å². The third-order valence-electron chi connectivity index (χ3n) is 4.75. The molecule has 0 fully saturated rings. The van der Waals surface area contributed by atoms with E-state index < -0.39 is 24.1 Å². The van der Waals surface area contributed by atoms with Crippen LogP contribution in [0.15, 0.2) is 34.6 Å². The molecule has 2 atom stereocenters. The Kier molecular flexibility index (Phi) is 16.1. The third-order valence-corrected chi connectivity index (χ3v) is 6.73. The van der Waals surface area contributed by atoms with Crippen molar-refractivity contribution in [1.82, 2.24) is 15.0 Å². The maximum absolute atomic E-state index is 11.6. The third kappa shape index (κ3) is 13.8. The van der Waals surface area contributed by atoms with Gasteiger partial charge in [0.1, 0.15) is 13.2 Å². The molecule has 2 unspecified atom stereocenters. The van der Waals surface area contributed by atoms with Crippen LogP contribution in [0.1, 0.15) is 53.4 Å². The number of carbonyl (C=O) groups excluding carboxylic acids is 2. The summed E-state index contributed by atoms with van der Waals surface area (Å²) in [5.41, 5.74) is 0.527. The Labute approximate surface area is 228 Å². The van der Waals surface area contributed by atoms with Crippen LogP contribution >= 0.6 is 23.5 Å². The standard InChI is InChI=1S/C25H40N4O6S2/c1-7-9-11-29(12-10-8-2)23-26-24(36-15-19(30)13-34-21(32)17(3)4)28-25(27-23)37-16-20(31)14-35-22(33)18(5)6/h19-20,30-31H,3,5,7-16H2,1-2,4,6H3. The average molecular weight is 557 g/mol. The summed E-state index contributed by atoms with van der Waals surface area (Å²) in [4.78, 5) is 39.0. The smallest absolute Gasteiger partial charge is 0.333 e. The fourth-order valence-electron chi connectivity index (χ4n) is 2.64. The van der Waals surface area contributed by atoms with Crippen LogP contribution in [-0.4, -0.2) is 87.1 Å². The largest absolute Gasteiger partial charge is 0.460 e. The van der Waals surface area contributed by atoms with Gasteiger partial charge in [0.25, 0.3) is 0 Å². The lowest BCUT2D eigenvalue weighted by atomic mass is 10.3. The zero-order chi connectivity index (χ0) is 27.8. The van der Waals surface area contributed by atoms with E-state index in [4.69, 9.17) is 9.47 Å². The van der Waals surface area contributed by atoms with Crippen LogP contribution in [0.25, 0.3) is 0 Å². The van der Waals surface area contributed by atoms with Crippen molar-refractivity contribution in [3.63, 3.8) is 0 Å². The van der Waals surface area contributed by atoms with Gasteiger partial charge >= 0.3 is 11.9 Å². The van der Waals surface area contributed by atoms with Gasteiger partial charge in [-0.3, -0.25) is 0 Å². The van der Waals surface area contributed by atoms with Crippen molar-refractivity contribution in [3.05, 3.63) is 24.3 Å². The van der Waals surface area contributed by atoms with Gasteiger partial charge in [-0.25, -0.2) is 9.59 Å². The summed E-state index contributed by atoms with van der Waals surface area (Å²) in [7, 11) is 0. The normalized spacial score (nSPS) is 12.5. The molecule has 1 aromatic rings. The molecule has 0 spiro atoms. The number of aliphatic hydroxyl groups is 2. The van der Waals surface area contributed by atoms with Crippen molar-refractivity contribution in [2.75, 3.05) is 42.7 Å². The molecule has 0 aliphatic heterocycles. The average Bonchev–Trinajstić information content (AvgIpc) is 2.87. The van der Waals surface area contributed by atoms with Gasteiger partial charge in [-0.05, 0) is 26.7 Å². The fraction of sp³-hybridized carbons (Fsp3) is 0.640. The molecule has 208 valence electrons. The van der Waals surface area contributed by atoms with E-state index in [0.29, 0.717) is 16.3 Å². The van der Waals surface area contributed by atoms with E-state index in [0.717, 1.165) is 38.8 Å². The second kappa shape index (κ2) is 18.2. The van der Waals surface area contributed by atoms with Crippen LogP contribution in [0, 0.1) is 0 Å². The van der Waals surface area contributed by atoms with E-state index in [9.17, 15) is 19.8 Å². The van der Waals surface area contributed by atoms with Gasteiger partial charge in [-0.1, -0.05) is 63.4 Å². The van der Waals surface area contributed by atoms with Crippen molar-refractivity contribution >= 4 is 41.4 Å². The second-order valence-electron chi connectivity index (χ2n) is 8.58. The predicted molar refractivity (Wildman–Crippen MR) is 147 cm³/mol. The minimum Gasteiger partial charge on any atom is -0.460 e. The van der Waals surface area contributed by atoms with Crippen molar-refractivity contribution < 1.29 is 29.3 Å². The minimum absolute atomic E-state index is 0.160. The quantitative estimate of drug-likeness (QED) is 0.147. The maximum Gasteiger partial charge on any atom is 0.333 e. The van der Waals surface area contributed by atoms with Gasteiger partial charge in [0.05, 0.1) is 12.2 Å². The monoisotopic (exact) mass is 556 g/mol. The number of carbonyl (C=O) groups is 2. The first kappa shape index (κ1) is 32.9. The molecule has 1 rings (SSSR count). The summed E-state index contributed by atoms with van der Waals surface area (Å²) in [6.45, 7) is 15.6. The summed E-state index contributed by atoms with van der Waals surface area (Å²) in [5, 5.41) is 21.3. The number of esters is 2. The zero-order valence-corrected chi connectivity index (χ0v) is 23.9. The van der Waals surface area contributed by atoms with Gasteiger partial charge in [0.2, 0.25) is 5.95 Å². The molecule has 0 amide bonds. The number of rotatable bonds is 19. The number of hydrogen-bond acceptors (Lipinski definition) is 12. The number of hydrogen-bond donors (Lipinski definition) is 2. The molecule has 0 aliphatic rings. The number of anilines is 1. The Morgan fingerprint density at radius 1 is 0.838 bits per heavy atom. The molecule has 10 nitrogen and oxygen atoms in total. The van der Waals surface area contributed by atoms with Gasteiger partial charge in [0, 0.05) is 35.7 Å². The highest BCUT2D eigenvalue weighted by molar-refractivity contribution is 7.99. The first-order valence-corrected chi connectivity index (χ1v) is 14.3. The van der Waals surface area contributed by atoms with Crippen LogP contribution in [0.5, 0.6) is 0 Å². The van der Waals surface area contributed by atoms with E-state index in [2.05, 4.69) is 46.9 Å². The molecule has 37 heavy (non-hydrogen) atoms. The molecular formula is C25H40N4O6S2. The number of nitrogens with zero attached hydrogens (tertiary/aromatic N) is 4. The summed E-state index contributed by atoms with van der Waals surface area (Å²) < 4.78 is 10.0. The highest BCUT2D eigenvalue weighted by atomic mass is 32.2. The first-order chi connectivity index (χ1) is 17.6. The molecule has 0 bridgehead atoms. The van der Waals surface area contributed by atoms with Gasteiger partial charge in [-0.2, -0.15) is 15.0 Å². The Hall–Kier alpha value is -2.15. The van der Waals surface area contributed by atoms with Gasteiger partial charge in [0.15, 0.2) is 10.3 Å². The summed E-state index contributed by atoms with van der Waals surface area (Å²) in [5.74, 6) is -0.158. The fourth-order valence-corrected chi connectivity index (χ4v) is 4.16. The van der Waals surface area contributed by atoms with Crippen LogP contribution in [0.3, 0.4) is 0 Å². The van der Waals surface area contributed by atoms with E-state index in [1.54, 1.807) is 13.8 Å². The number of aromatic nitrogens is 3. The van der Waals surface area contributed by atoms with E-state index in [1.807, 2.05) is 0 Å². The molecular weight excluding hydrogens is 516 g/mol. The Bertz CT molecular complexity index is 836. The molecule has 1 aromatic heterocycles. The summed E-state index contributed by atoms with van der Waals surface area (Å²) >= 11 is 2.45. The number of aliphatic hydroxyl groups excluding tert-OH is 2. The number of thioether (sulfide) groups is 2. The van der Waals surface area contributed by atoms with E-state index in [-0.39, 0.29) is 35.9 Å². The first-order valence-electron chi connectivity index (χ1n) is 12.3. The molecule has 0 saturated carbocycles. The van der Waals surface area contributed by atoms with Gasteiger partial charge < -0.3 is 24.6 Å².